The lowest BCUT2D eigenvalue weighted by molar-refractivity contribution is -0.137. The molecule has 2 aromatic rings. The molecule has 2 amide bonds. The predicted molar refractivity (Wildman–Crippen MR) is 93.0 cm³/mol. The number of amides is 2. The third-order valence-electron chi connectivity index (χ3n) is 3.63. The molecule has 0 spiro atoms. The Morgan fingerprint density at radius 2 is 1.46 bits per heavy atom. The lowest BCUT2D eigenvalue weighted by atomic mass is 10.1. The van der Waals surface area contributed by atoms with E-state index in [4.69, 9.17) is 0 Å². The molecule has 2 rings (SSSR count). The van der Waals surface area contributed by atoms with E-state index in [1.807, 2.05) is 0 Å². The Hall–Kier alpha value is -3.03. The van der Waals surface area contributed by atoms with Crippen LogP contribution in [0.4, 0.5) is 24.5 Å². The zero-order valence-corrected chi connectivity index (χ0v) is 14.1. The van der Waals surface area contributed by atoms with Crippen molar-refractivity contribution >= 4 is 23.2 Å². The van der Waals surface area contributed by atoms with E-state index < -0.39 is 23.7 Å². The Kier molecular flexibility index (Phi) is 5.86. The average Bonchev–Trinajstić information content (AvgIpc) is 2.61. The number of alkyl halides is 3. The van der Waals surface area contributed by atoms with Gasteiger partial charge in [-0.25, -0.2) is 0 Å². The second kappa shape index (κ2) is 7.90. The van der Waals surface area contributed by atoms with Gasteiger partial charge in [0.05, 0.1) is 5.56 Å². The second-order valence-electron chi connectivity index (χ2n) is 5.59. The molecular formula is C18H18F3N3O2. The molecule has 138 valence electrons. The van der Waals surface area contributed by atoms with Gasteiger partial charge in [-0.05, 0) is 55.5 Å². The molecule has 0 saturated heterocycles. The lowest BCUT2D eigenvalue weighted by Crippen LogP contribution is -2.31. The molecule has 0 saturated carbocycles. The minimum Gasteiger partial charge on any atom is -0.374 e. The Morgan fingerprint density at radius 3 is 1.96 bits per heavy atom. The van der Waals surface area contributed by atoms with Crippen LogP contribution in [-0.2, 0) is 11.0 Å². The second-order valence-corrected chi connectivity index (χ2v) is 5.59. The first-order valence-electron chi connectivity index (χ1n) is 7.77. The number of benzene rings is 2. The van der Waals surface area contributed by atoms with Crippen LogP contribution in [0.2, 0.25) is 0 Å². The van der Waals surface area contributed by atoms with E-state index in [0.29, 0.717) is 11.3 Å². The predicted octanol–water partition coefficient (Wildman–Crippen LogP) is 3.50. The van der Waals surface area contributed by atoms with Crippen molar-refractivity contribution in [3.05, 3.63) is 59.7 Å². The van der Waals surface area contributed by atoms with Crippen LogP contribution in [0.3, 0.4) is 0 Å². The molecule has 0 heterocycles. The fourth-order valence-electron chi connectivity index (χ4n) is 2.17. The van der Waals surface area contributed by atoms with Crippen LogP contribution in [-0.4, -0.2) is 24.9 Å². The van der Waals surface area contributed by atoms with Gasteiger partial charge in [0, 0.05) is 24.0 Å². The Morgan fingerprint density at radius 1 is 0.923 bits per heavy atom. The Labute approximate surface area is 148 Å². The van der Waals surface area contributed by atoms with Gasteiger partial charge in [0.2, 0.25) is 5.91 Å². The van der Waals surface area contributed by atoms with Crippen LogP contribution in [0.15, 0.2) is 48.5 Å². The van der Waals surface area contributed by atoms with Crippen molar-refractivity contribution in [3.63, 3.8) is 0 Å². The van der Waals surface area contributed by atoms with Crippen molar-refractivity contribution in [2.45, 2.75) is 19.1 Å². The summed E-state index contributed by atoms with van der Waals surface area (Å²) in [4.78, 5) is 23.6. The summed E-state index contributed by atoms with van der Waals surface area (Å²) in [6, 6.07) is 10.1. The zero-order valence-electron chi connectivity index (χ0n) is 14.1. The van der Waals surface area contributed by atoms with Crippen molar-refractivity contribution in [2.75, 3.05) is 17.7 Å². The van der Waals surface area contributed by atoms with E-state index in [0.717, 1.165) is 12.1 Å². The number of rotatable bonds is 5. The number of hydrogen-bond donors (Lipinski definition) is 3. The monoisotopic (exact) mass is 365 g/mol. The summed E-state index contributed by atoms with van der Waals surface area (Å²) >= 11 is 0. The van der Waals surface area contributed by atoms with Gasteiger partial charge in [-0.15, -0.1) is 0 Å². The highest BCUT2D eigenvalue weighted by Gasteiger charge is 2.30. The van der Waals surface area contributed by atoms with Crippen molar-refractivity contribution < 1.29 is 22.8 Å². The van der Waals surface area contributed by atoms with Crippen LogP contribution < -0.4 is 16.0 Å². The fourth-order valence-corrected chi connectivity index (χ4v) is 2.17. The van der Waals surface area contributed by atoms with Crippen LogP contribution in [0.1, 0.15) is 22.8 Å². The molecule has 0 aliphatic carbocycles. The standard InChI is InChI=1S/C18H18F3N3O2/c1-11(23-14-7-3-12(4-8-14)17(26)22-2)16(25)24-15-9-5-13(6-10-15)18(19,20)21/h3-11,23H,1-2H3,(H,22,26)(H,24,25). The molecule has 5 nitrogen and oxygen atoms in total. The van der Waals surface area contributed by atoms with E-state index in [1.54, 1.807) is 31.2 Å². The first-order valence-corrected chi connectivity index (χ1v) is 7.77. The number of hydrogen-bond acceptors (Lipinski definition) is 3. The molecule has 0 radical (unpaired) electrons. The van der Waals surface area contributed by atoms with Crippen LogP contribution in [0.25, 0.3) is 0 Å². The molecule has 1 unspecified atom stereocenters. The largest absolute Gasteiger partial charge is 0.416 e. The third-order valence-corrected chi connectivity index (χ3v) is 3.63. The maximum absolute atomic E-state index is 12.5. The molecule has 3 N–H and O–H groups in total. The highest BCUT2D eigenvalue weighted by Crippen LogP contribution is 2.29. The Balaban J connectivity index is 1.96. The number of carbonyl (C=O) groups is 2. The number of halogens is 3. The first kappa shape index (κ1) is 19.3. The normalized spacial score (nSPS) is 12.2. The minimum atomic E-state index is -4.42. The summed E-state index contributed by atoms with van der Waals surface area (Å²) in [5.41, 5.74) is 0.608. The molecule has 0 fully saturated rings. The maximum atomic E-state index is 12.5. The van der Waals surface area contributed by atoms with Crippen LogP contribution in [0, 0.1) is 0 Å². The summed E-state index contributed by atoms with van der Waals surface area (Å²) in [5, 5.41) is 8.01. The SMILES string of the molecule is CNC(=O)c1ccc(NC(C)C(=O)Nc2ccc(C(F)(F)F)cc2)cc1. The molecule has 26 heavy (non-hydrogen) atoms. The van der Waals surface area contributed by atoms with Crippen LogP contribution >= 0.6 is 0 Å². The molecule has 0 aliphatic rings. The maximum Gasteiger partial charge on any atom is 0.416 e. The quantitative estimate of drug-likeness (QED) is 0.760. The summed E-state index contributed by atoms with van der Waals surface area (Å²) < 4.78 is 37.6. The number of anilines is 2. The number of carbonyl (C=O) groups excluding carboxylic acids is 2. The van der Waals surface area contributed by atoms with E-state index in [1.165, 1.54) is 19.2 Å². The summed E-state index contributed by atoms with van der Waals surface area (Å²) in [5.74, 6) is -0.621. The Bertz CT molecular complexity index is 772. The van der Waals surface area contributed by atoms with Gasteiger partial charge in [0.15, 0.2) is 0 Å². The topological polar surface area (TPSA) is 70.2 Å². The van der Waals surface area contributed by atoms with Crippen molar-refractivity contribution in [1.82, 2.24) is 5.32 Å². The van der Waals surface area contributed by atoms with E-state index >= 15 is 0 Å². The molecular weight excluding hydrogens is 347 g/mol. The molecule has 8 heteroatoms. The van der Waals surface area contributed by atoms with E-state index in [9.17, 15) is 22.8 Å². The molecule has 2 aromatic carbocycles. The minimum absolute atomic E-state index is 0.218. The van der Waals surface area contributed by atoms with Gasteiger partial charge < -0.3 is 16.0 Å². The molecule has 0 aromatic heterocycles. The lowest BCUT2D eigenvalue weighted by Gasteiger charge is -2.16. The van der Waals surface area contributed by atoms with E-state index in [-0.39, 0.29) is 11.6 Å². The summed E-state index contributed by atoms with van der Waals surface area (Å²) in [7, 11) is 1.53. The van der Waals surface area contributed by atoms with Gasteiger partial charge in [0.25, 0.3) is 5.91 Å². The highest BCUT2D eigenvalue weighted by molar-refractivity contribution is 5.96. The third kappa shape index (κ3) is 4.98. The molecule has 0 aliphatic heterocycles. The van der Waals surface area contributed by atoms with Gasteiger partial charge in [-0.1, -0.05) is 0 Å². The molecule has 0 bridgehead atoms. The molecule has 1 atom stereocenters. The summed E-state index contributed by atoms with van der Waals surface area (Å²) in [6.45, 7) is 1.62. The fraction of sp³-hybridized carbons (Fsp3) is 0.222. The van der Waals surface area contributed by atoms with Gasteiger partial charge in [0.1, 0.15) is 6.04 Å². The smallest absolute Gasteiger partial charge is 0.374 e. The number of nitrogens with one attached hydrogen (secondary N) is 3. The van der Waals surface area contributed by atoms with Crippen molar-refractivity contribution in [3.8, 4) is 0 Å². The van der Waals surface area contributed by atoms with E-state index in [2.05, 4.69) is 16.0 Å². The van der Waals surface area contributed by atoms with Gasteiger partial charge in [-0.2, -0.15) is 13.2 Å². The van der Waals surface area contributed by atoms with Crippen LogP contribution in [0.5, 0.6) is 0 Å². The zero-order chi connectivity index (χ0) is 19.3. The van der Waals surface area contributed by atoms with Crippen molar-refractivity contribution in [1.29, 1.82) is 0 Å². The van der Waals surface area contributed by atoms with Gasteiger partial charge >= 0.3 is 6.18 Å². The average molecular weight is 365 g/mol. The highest BCUT2D eigenvalue weighted by atomic mass is 19.4. The first-order chi connectivity index (χ1) is 12.2. The summed E-state index contributed by atoms with van der Waals surface area (Å²) in [6.07, 6.45) is -4.42. The van der Waals surface area contributed by atoms with Crippen molar-refractivity contribution in [2.24, 2.45) is 0 Å². The van der Waals surface area contributed by atoms with Gasteiger partial charge in [-0.3, -0.25) is 9.59 Å².